The fourth-order valence-corrected chi connectivity index (χ4v) is 2.04. The average molecular weight is 348 g/mol. The number of alkyl halides is 3. The van der Waals surface area contributed by atoms with Crippen molar-refractivity contribution >= 4 is 27.7 Å². The number of aryl methyl sites for hydroxylation is 1. The van der Waals surface area contributed by atoms with E-state index in [-0.39, 0.29) is 10.0 Å². The second-order valence-corrected chi connectivity index (χ2v) is 4.84. The van der Waals surface area contributed by atoms with Crippen LogP contribution in [0.3, 0.4) is 0 Å². The second-order valence-electron chi connectivity index (χ2n) is 3.99. The molecule has 0 atom stereocenters. The van der Waals surface area contributed by atoms with Crippen LogP contribution in [0.15, 0.2) is 34.9 Å². The number of nitrogens with one attached hydrogen (secondary N) is 1. The van der Waals surface area contributed by atoms with E-state index in [1.807, 2.05) is 0 Å². The molecule has 106 valence electrons. The van der Waals surface area contributed by atoms with Gasteiger partial charge in [0, 0.05) is 23.2 Å². The number of hydrogen-bond donors (Lipinski definition) is 1. The number of benzene rings is 1. The molecule has 1 heterocycles. The van der Waals surface area contributed by atoms with Gasteiger partial charge in [-0.25, -0.2) is 0 Å². The van der Waals surface area contributed by atoms with Gasteiger partial charge in [0.25, 0.3) is 5.91 Å². The highest BCUT2D eigenvalue weighted by Crippen LogP contribution is 2.35. The van der Waals surface area contributed by atoms with E-state index in [1.54, 1.807) is 13.1 Å². The highest BCUT2D eigenvalue weighted by atomic mass is 79.9. The van der Waals surface area contributed by atoms with Crippen molar-refractivity contribution in [2.75, 3.05) is 5.32 Å². The molecule has 0 aliphatic heterocycles. The monoisotopic (exact) mass is 347 g/mol. The molecular weight excluding hydrogens is 339 g/mol. The van der Waals surface area contributed by atoms with Gasteiger partial charge in [0.1, 0.15) is 5.82 Å². The van der Waals surface area contributed by atoms with E-state index in [2.05, 4.69) is 26.3 Å². The van der Waals surface area contributed by atoms with Gasteiger partial charge in [-0.2, -0.15) is 18.3 Å². The zero-order chi connectivity index (χ0) is 14.9. The molecule has 0 spiro atoms. The molecule has 20 heavy (non-hydrogen) atoms. The van der Waals surface area contributed by atoms with Crippen molar-refractivity contribution in [3.05, 3.63) is 46.1 Å². The van der Waals surface area contributed by atoms with Crippen LogP contribution in [-0.4, -0.2) is 15.7 Å². The topological polar surface area (TPSA) is 46.9 Å². The first-order valence-corrected chi connectivity index (χ1v) is 6.24. The van der Waals surface area contributed by atoms with E-state index in [4.69, 9.17) is 0 Å². The van der Waals surface area contributed by atoms with Gasteiger partial charge in [0.15, 0.2) is 0 Å². The van der Waals surface area contributed by atoms with Gasteiger partial charge in [0.05, 0.1) is 11.8 Å². The number of nitrogens with zero attached hydrogens (tertiary/aromatic N) is 2. The number of rotatable bonds is 2. The zero-order valence-corrected chi connectivity index (χ0v) is 11.8. The van der Waals surface area contributed by atoms with Crippen molar-refractivity contribution < 1.29 is 18.0 Å². The van der Waals surface area contributed by atoms with Crippen molar-refractivity contribution in [2.24, 2.45) is 7.05 Å². The number of hydrogen-bond acceptors (Lipinski definition) is 2. The first-order chi connectivity index (χ1) is 9.29. The summed E-state index contributed by atoms with van der Waals surface area (Å²) in [6, 6.07) is 4.85. The van der Waals surface area contributed by atoms with E-state index in [9.17, 15) is 18.0 Å². The summed E-state index contributed by atoms with van der Waals surface area (Å²) in [6.07, 6.45) is -3.06. The summed E-state index contributed by atoms with van der Waals surface area (Å²) in [5.41, 5.74) is -0.975. The molecule has 0 bridgehead atoms. The maximum Gasteiger partial charge on any atom is 0.417 e. The van der Waals surface area contributed by atoms with Crippen LogP contribution < -0.4 is 5.32 Å². The summed E-state index contributed by atoms with van der Waals surface area (Å²) in [7, 11) is 1.61. The first kappa shape index (κ1) is 14.6. The molecule has 4 nitrogen and oxygen atoms in total. The molecule has 0 unspecified atom stereocenters. The Morgan fingerprint density at radius 1 is 1.35 bits per heavy atom. The Balaban J connectivity index is 2.29. The molecule has 0 radical (unpaired) electrons. The molecule has 0 aliphatic rings. The Bertz CT molecular complexity index is 652. The Kier molecular flexibility index (Phi) is 3.85. The molecule has 1 aromatic heterocycles. The van der Waals surface area contributed by atoms with Crippen LogP contribution in [0.4, 0.5) is 19.0 Å². The summed E-state index contributed by atoms with van der Waals surface area (Å²) in [6.45, 7) is 0. The summed E-state index contributed by atoms with van der Waals surface area (Å²) in [5, 5.41) is 6.33. The van der Waals surface area contributed by atoms with Crippen LogP contribution in [0.5, 0.6) is 0 Å². The lowest BCUT2D eigenvalue weighted by atomic mass is 10.1. The maximum absolute atomic E-state index is 12.8. The Morgan fingerprint density at radius 2 is 2.05 bits per heavy atom. The number of anilines is 1. The van der Waals surface area contributed by atoms with Crippen molar-refractivity contribution in [1.29, 1.82) is 0 Å². The van der Waals surface area contributed by atoms with E-state index >= 15 is 0 Å². The molecule has 0 saturated carbocycles. The van der Waals surface area contributed by atoms with Crippen LogP contribution in [0.1, 0.15) is 15.9 Å². The molecule has 1 N–H and O–H groups in total. The summed E-state index contributed by atoms with van der Waals surface area (Å²) >= 11 is 2.82. The largest absolute Gasteiger partial charge is 0.417 e. The third-order valence-electron chi connectivity index (χ3n) is 2.60. The van der Waals surface area contributed by atoms with E-state index in [0.717, 1.165) is 6.07 Å². The fourth-order valence-electron chi connectivity index (χ4n) is 1.57. The van der Waals surface area contributed by atoms with Crippen LogP contribution in [0.2, 0.25) is 0 Å². The molecule has 2 aromatic rings. The first-order valence-electron chi connectivity index (χ1n) is 5.45. The minimum absolute atomic E-state index is 0.0817. The zero-order valence-electron chi connectivity index (χ0n) is 10.2. The maximum atomic E-state index is 12.8. The number of carbonyl (C=O) groups is 1. The lowest BCUT2D eigenvalue weighted by Crippen LogP contribution is -2.16. The summed E-state index contributed by atoms with van der Waals surface area (Å²) < 4.78 is 39.6. The number of aromatic nitrogens is 2. The minimum atomic E-state index is -4.53. The Morgan fingerprint density at radius 3 is 2.60 bits per heavy atom. The second kappa shape index (κ2) is 5.28. The molecule has 1 aromatic carbocycles. The highest BCUT2D eigenvalue weighted by molar-refractivity contribution is 9.10. The van der Waals surface area contributed by atoms with Crippen molar-refractivity contribution in [2.45, 2.75) is 6.18 Å². The lowest BCUT2D eigenvalue weighted by molar-refractivity contribution is -0.138. The van der Waals surface area contributed by atoms with Gasteiger partial charge in [0.2, 0.25) is 0 Å². The molecule has 0 saturated heterocycles. The van der Waals surface area contributed by atoms with Gasteiger partial charge in [-0.3, -0.25) is 9.48 Å². The standard InChI is InChI=1S/C12H9BrF3N3O/c1-19-10(4-5-17-19)18-11(20)7-2-3-9(13)8(6-7)12(14,15)16/h2-6H,1H3,(H,18,20). The quantitative estimate of drug-likeness (QED) is 0.904. The van der Waals surface area contributed by atoms with Gasteiger partial charge < -0.3 is 5.32 Å². The molecular formula is C12H9BrF3N3O. The van der Waals surface area contributed by atoms with Crippen LogP contribution in [-0.2, 0) is 13.2 Å². The average Bonchev–Trinajstić information content (AvgIpc) is 2.74. The van der Waals surface area contributed by atoms with E-state index in [0.29, 0.717) is 5.82 Å². The van der Waals surface area contributed by atoms with Crippen LogP contribution in [0.25, 0.3) is 0 Å². The van der Waals surface area contributed by atoms with Gasteiger partial charge in [-0.15, -0.1) is 0 Å². The Hall–Kier alpha value is -1.83. The van der Waals surface area contributed by atoms with Gasteiger partial charge >= 0.3 is 6.18 Å². The molecule has 8 heteroatoms. The van der Waals surface area contributed by atoms with Crippen molar-refractivity contribution in [1.82, 2.24) is 9.78 Å². The SMILES string of the molecule is Cn1nccc1NC(=O)c1ccc(Br)c(C(F)(F)F)c1. The van der Waals surface area contributed by atoms with E-state index in [1.165, 1.54) is 23.0 Å². The minimum Gasteiger partial charge on any atom is -0.307 e. The summed E-state index contributed by atoms with van der Waals surface area (Å²) in [4.78, 5) is 11.9. The highest BCUT2D eigenvalue weighted by Gasteiger charge is 2.33. The fraction of sp³-hybridized carbons (Fsp3) is 0.167. The molecule has 0 aliphatic carbocycles. The summed E-state index contributed by atoms with van der Waals surface area (Å²) in [5.74, 6) is -0.238. The normalized spacial score (nSPS) is 11.4. The van der Waals surface area contributed by atoms with E-state index < -0.39 is 17.6 Å². The molecule has 0 fully saturated rings. The number of halogens is 4. The lowest BCUT2D eigenvalue weighted by Gasteiger charge is -2.11. The van der Waals surface area contributed by atoms with Crippen molar-refractivity contribution in [3.8, 4) is 0 Å². The predicted octanol–water partition coefficient (Wildman–Crippen LogP) is 3.45. The van der Waals surface area contributed by atoms with Crippen LogP contribution in [0, 0.1) is 0 Å². The Labute approximate surface area is 120 Å². The smallest absolute Gasteiger partial charge is 0.307 e. The van der Waals surface area contributed by atoms with Gasteiger partial charge in [-0.1, -0.05) is 15.9 Å². The number of carbonyl (C=O) groups excluding carboxylic acids is 1. The third-order valence-corrected chi connectivity index (χ3v) is 3.29. The van der Waals surface area contributed by atoms with Crippen molar-refractivity contribution in [3.63, 3.8) is 0 Å². The van der Waals surface area contributed by atoms with Crippen LogP contribution >= 0.6 is 15.9 Å². The molecule has 1 amide bonds. The number of amides is 1. The third kappa shape index (κ3) is 3.01. The van der Waals surface area contributed by atoms with Gasteiger partial charge in [-0.05, 0) is 18.2 Å². The molecule has 2 rings (SSSR count). The predicted molar refractivity (Wildman–Crippen MR) is 70.3 cm³/mol.